The number of hydrogen-bond acceptors (Lipinski definition) is 3. The van der Waals surface area contributed by atoms with Crippen molar-refractivity contribution in [3.8, 4) is 0 Å². The van der Waals surface area contributed by atoms with Crippen LogP contribution in [0.2, 0.25) is 5.02 Å². The first-order valence-electron chi connectivity index (χ1n) is 6.59. The first kappa shape index (κ1) is 14.4. The number of halogens is 1. The molecule has 1 aromatic heterocycles. The molecule has 19 heavy (non-hydrogen) atoms. The average molecular weight is 282 g/mol. The summed E-state index contributed by atoms with van der Waals surface area (Å²) >= 11 is 6.15. The van der Waals surface area contributed by atoms with Crippen LogP contribution in [0.15, 0.2) is 28.7 Å². The molecule has 3 nitrogen and oxygen atoms in total. The van der Waals surface area contributed by atoms with Gasteiger partial charge in [0, 0.05) is 12.5 Å². The SMILES string of the molecule is CCCC(OC)C(NC)c1cc2cccc(Cl)c2o1. The quantitative estimate of drug-likeness (QED) is 0.863. The molecule has 2 unspecified atom stereocenters. The molecular weight excluding hydrogens is 262 g/mol. The van der Waals surface area contributed by atoms with E-state index in [1.54, 1.807) is 7.11 Å². The minimum Gasteiger partial charge on any atom is -0.458 e. The maximum Gasteiger partial charge on any atom is 0.152 e. The molecule has 104 valence electrons. The Morgan fingerprint density at radius 2 is 2.21 bits per heavy atom. The zero-order chi connectivity index (χ0) is 13.8. The van der Waals surface area contributed by atoms with E-state index in [2.05, 4.69) is 12.2 Å². The lowest BCUT2D eigenvalue weighted by Gasteiger charge is -2.23. The molecule has 0 aliphatic carbocycles. The second kappa shape index (κ2) is 6.42. The number of methoxy groups -OCH3 is 1. The number of para-hydroxylation sites is 1. The van der Waals surface area contributed by atoms with E-state index in [0.717, 1.165) is 29.6 Å². The lowest BCUT2D eigenvalue weighted by Crippen LogP contribution is -2.30. The monoisotopic (exact) mass is 281 g/mol. The van der Waals surface area contributed by atoms with Gasteiger partial charge in [-0.05, 0) is 25.6 Å². The molecule has 0 bridgehead atoms. The average Bonchev–Trinajstić information content (AvgIpc) is 2.84. The summed E-state index contributed by atoms with van der Waals surface area (Å²) in [5.74, 6) is 0.867. The third kappa shape index (κ3) is 2.94. The van der Waals surface area contributed by atoms with Gasteiger partial charge in [0.2, 0.25) is 0 Å². The predicted molar refractivity (Wildman–Crippen MR) is 78.7 cm³/mol. The molecule has 1 N–H and O–H groups in total. The van der Waals surface area contributed by atoms with Crippen LogP contribution in [0.25, 0.3) is 11.0 Å². The molecular formula is C15H20ClNO2. The summed E-state index contributed by atoms with van der Waals surface area (Å²) < 4.78 is 11.5. The van der Waals surface area contributed by atoms with E-state index in [1.165, 1.54) is 0 Å². The highest BCUT2D eigenvalue weighted by molar-refractivity contribution is 6.34. The first-order valence-corrected chi connectivity index (χ1v) is 6.97. The number of benzene rings is 1. The lowest BCUT2D eigenvalue weighted by atomic mass is 10.0. The number of hydrogen-bond donors (Lipinski definition) is 1. The summed E-state index contributed by atoms with van der Waals surface area (Å²) in [5.41, 5.74) is 0.741. The van der Waals surface area contributed by atoms with Gasteiger partial charge in [-0.15, -0.1) is 0 Å². The predicted octanol–water partition coefficient (Wildman–Crippen LogP) is 4.16. The Morgan fingerprint density at radius 3 is 2.79 bits per heavy atom. The molecule has 0 aliphatic heterocycles. The van der Waals surface area contributed by atoms with Crippen LogP contribution in [0.3, 0.4) is 0 Å². The third-order valence-electron chi connectivity index (χ3n) is 3.38. The van der Waals surface area contributed by atoms with Crippen molar-refractivity contribution in [2.45, 2.75) is 31.9 Å². The minimum absolute atomic E-state index is 0.0356. The molecule has 2 rings (SSSR count). The Hall–Kier alpha value is -1.03. The highest BCUT2D eigenvalue weighted by atomic mass is 35.5. The molecule has 2 atom stereocenters. The number of likely N-dealkylation sites (N-methyl/N-ethyl adjacent to an activating group) is 1. The van der Waals surface area contributed by atoms with Gasteiger partial charge in [0.05, 0.1) is 17.2 Å². The highest BCUT2D eigenvalue weighted by Crippen LogP contribution is 2.31. The number of rotatable bonds is 6. The van der Waals surface area contributed by atoms with Crippen LogP contribution in [0.1, 0.15) is 31.6 Å². The molecule has 0 fully saturated rings. The van der Waals surface area contributed by atoms with Crippen molar-refractivity contribution in [2.75, 3.05) is 14.2 Å². The fourth-order valence-corrected chi connectivity index (χ4v) is 2.64. The molecule has 2 aromatic rings. The second-order valence-corrected chi connectivity index (χ2v) is 5.04. The van der Waals surface area contributed by atoms with E-state index in [-0.39, 0.29) is 12.1 Å². The minimum atomic E-state index is 0.0356. The Bertz CT molecular complexity index is 538. The summed E-state index contributed by atoms with van der Waals surface area (Å²) in [4.78, 5) is 0. The number of fused-ring (bicyclic) bond motifs is 1. The molecule has 0 saturated heterocycles. The van der Waals surface area contributed by atoms with Crippen molar-refractivity contribution < 1.29 is 9.15 Å². The van der Waals surface area contributed by atoms with E-state index in [4.69, 9.17) is 20.8 Å². The summed E-state index contributed by atoms with van der Waals surface area (Å²) in [6.45, 7) is 2.15. The van der Waals surface area contributed by atoms with Crippen molar-refractivity contribution in [1.29, 1.82) is 0 Å². The molecule has 0 spiro atoms. The highest BCUT2D eigenvalue weighted by Gasteiger charge is 2.24. The zero-order valence-electron chi connectivity index (χ0n) is 11.6. The van der Waals surface area contributed by atoms with Gasteiger partial charge in [-0.2, -0.15) is 0 Å². The number of ether oxygens (including phenoxy) is 1. The topological polar surface area (TPSA) is 34.4 Å². The molecule has 4 heteroatoms. The van der Waals surface area contributed by atoms with Crippen LogP contribution in [0.5, 0.6) is 0 Å². The van der Waals surface area contributed by atoms with Gasteiger partial charge in [-0.25, -0.2) is 0 Å². The molecule has 0 aliphatic rings. The smallest absolute Gasteiger partial charge is 0.152 e. The van der Waals surface area contributed by atoms with Gasteiger partial charge in [0.15, 0.2) is 5.58 Å². The van der Waals surface area contributed by atoms with Crippen LogP contribution in [-0.2, 0) is 4.74 Å². The first-order chi connectivity index (χ1) is 9.21. The maximum absolute atomic E-state index is 6.15. The van der Waals surface area contributed by atoms with Crippen LogP contribution in [-0.4, -0.2) is 20.3 Å². The van der Waals surface area contributed by atoms with Crippen molar-refractivity contribution in [2.24, 2.45) is 0 Å². The normalized spacial score (nSPS) is 14.7. The van der Waals surface area contributed by atoms with Gasteiger partial charge in [-0.3, -0.25) is 0 Å². The Kier molecular flexibility index (Phi) is 4.86. The Balaban J connectivity index is 2.37. The van der Waals surface area contributed by atoms with E-state index < -0.39 is 0 Å². The second-order valence-electron chi connectivity index (χ2n) is 4.64. The molecule has 1 heterocycles. The Labute approximate surface area is 118 Å². The molecule has 0 radical (unpaired) electrons. The van der Waals surface area contributed by atoms with E-state index >= 15 is 0 Å². The summed E-state index contributed by atoms with van der Waals surface area (Å²) in [5, 5.41) is 4.94. The number of furan rings is 1. The number of nitrogens with one attached hydrogen (secondary N) is 1. The van der Waals surface area contributed by atoms with Crippen LogP contribution >= 0.6 is 11.6 Å². The van der Waals surface area contributed by atoms with Gasteiger partial charge >= 0.3 is 0 Å². The van der Waals surface area contributed by atoms with Crippen molar-refractivity contribution in [3.63, 3.8) is 0 Å². The summed E-state index contributed by atoms with van der Waals surface area (Å²) in [6, 6.07) is 7.84. The third-order valence-corrected chi connectivity index (χ3v) is 3.68. The van der Waals surface area contributed by atoms with Crippen molar-refractivity contribution in [1.82, 2.24) is 5.32 Å². The van der Waals surface area contributed by atoms with Crippen molar-refractivity contribution >= 4 is 22.6 Å². The zero-order valence-corrected chi connectivity index (χ0v) is 12.3. The molecule has 0 amide bonds. The van der Waals surface area contributed by atoms with Crippen molar-refractivity contribution in [3.05, 3.63) is 35.0 Å². The van der Waals surface area contributed by atoms with E-state index in [9.17, 15) is 0 Å². The van der Waals surface area contributed by atoms with Gasteiger partial charge < -0.3 is 14.5 Å². The Morgan fingerprint density at radius 1 is 1.42 bits per heavy atom. The maximum atomic E-state index is 6.15. The summed E-state index contributed by atoms with van der Waals surface area (Å²) in [6.07, 6.45) is 2.14. The largest absolute Gasteiger partial charge is 0.458 e. The fraction of sp³-hybridized carbons (Fsp3) is 0.467. The summed E-state index contributed by atoms with van der Waals surface area (Å²) in [7, 11) is 3.65. The van der Waals surface area contributed by atoms with Gasteiger partial charge in [-0.1, -0.05) is 37.1 Å². The van der Waals surface area contributed by atoms with Gasteiger partial charge in [0.1, 0.15) is 5.76 Å². The molecule has 1 aromatic carbocycles. The fourth-order valence-electron chi connectivity index (χ4n) is 2.42. The van der Waals surface area contributed by atoms with Crippen LogP contribution in [0, 0.1) is 0 Å². The van der Waals surface area contributed by atoms with Crippen LogP contribution in [0.4, 0.5) is 0 Å². The van der Waals surface area contributed by atoms with E-state index in [1.807, 2.05) is 31.3 Å². The molecule has 0 saturated carbocycles. The van der Waals surface area contributed by atoms with Gasteiger partial charge in [0.25, 0.3) is 0 Å². The van der Waals surface area contributed by atoms with Crippen LogP contribution < -0.4 is 5.32 Å². The lowest BCUT2D eigenvalue weighted by molar-refractivity contribution is 0.0568. The van der Waals surface area contributed by atoms with E-state index in [0.29, 0.717) is 5.02 Å². The standard InChI is InChI=1S/C15H20ClNO2/c1-4-6-12(18-3)14(17-2)13-9-10-7-5-8-11(16)15(10)19-13/h5,7-9,12,14,17H,4,6H2,1-3H3.